The molecular formula is C19H26N2O. The lowest BCUT2D eigenvalue weighted by Gasteiger charge is -2.41. The van der Waals surface area contributed by atoms with Crippen molar-refractivity contribution >= 4 is 0 Å². The summed E-state index contributed by atoms with van der Waals surface area (Å²) in [6.07, 6.45) is 5.49. The van der Waals surface area contributed by atoms with Crippen LogP contribution in [0.4, 0.5) is 0 Å². The lowest BCUT2D eigenvalue weighted by molar-refractivity contribution is 0.101. The summed E-state index contributed by atoms with van der Waals surface area (Å²) in [5, 5.41) is 10.1. The van der Waals surface area contributed by atoms with Gasteiger partial charge in [0.25, 0.3) is 0 Å². The van der Waals surface area contributed by atoms with Gasteiger partial charge in [-0.25, -0.2) is 0 Å². The summed E-state index contributed by atoms with van der Waals surface area (Å²) in [7, 11) is 0. The van der Waals surface area contributed by atoms with Crippen LogP contribution < -0.4 is 4.74 Å². The van der Waals surface area contributed by atoms with E-state index < -0.39 is 5.54 Å². The van der Waals surface area contributed by atoms with Gasteiger partial charge >= 0.3 is 0 Å². The van der Waals surface area contributed by atoms with Crippen molar-refractivity contribution in [2.45, 2.75) is 57.4 Å². The molecule has 1 aromatic rings. The minimum absolute atomic E-state index is 0.464. The normalized spacial score (nSPS) is 25.9. The van der Waals surface area contributed by atoms with E-state index >= 15 is 0 Å². The number of hydrogen-bond donors (Lipinski definition) is 0. The molecule has 0 aromatic heterocycles. The third-order valence-electron chi connectivity index (χ3n) is 5.14. The molecule has 118 valence electrons. The van der Waals surface area contributed by atoms with Crippen LogP contribution in [0.25, 0.3) is 0 Å². The van der Waals surface area contributed by atoms with Crippen molar-refractivity contribution in [1.29, 1.82) is 5.26 Å². The molecule has 1 aromatic carbocycles. The molecule has 0 spiro atoms. The highest BCUT2D eigenvalue weighted by atomic mass is 16.5. The Labute approximate surface area is 133 Å². The molecule has 0 N–H and O–H groups in total. The first-order valence-corrected chi connectivity index (χ1v) is 8.61. The molecule has 0 amide bonds. The first kappa shape index (κ1) is 15.4. The lowest BCUT2D eigenvalue weighted by Crippen LogP contribution is -2.47. The van der Waals surface area contributed by atoms with Gasteiger partial charge in [-0.1, -0.05) is 26.3 Å². The van der Waals surface area contributed by atoms with Crippen LogP contribution in [-0.2, 0) is 5.54 Å². The second kappa shape index (κ2) is 6.30. The minimum atomic E-state index is -0.503. The maximum absolute atomic E-state index is 10.1. The first-order chi connectivity index (χ1) is 10.7. The highest BCUT2D eigenvalue weighted by Crippen LogP contribution is 2.43. The highest BCUT2D eigenvalue weighted by molar-refractivity contribution is 5.47. The smallest absolute Gasteiger partial charge is 0.138 e. The maximum atomic E-state index is 10.1. The predicted molar refractivity (Wildman–Crippen MR) is 88.0 cm³/mol. The molecule has 3 nitrogen and oxygen atoms in total. The number of fused-ring (bicyclic) bond motifs is 1. The van der Waals surface area contributed by atoms with Gasteiger partial charge in [-0.05, 0) is 62.4 Å². The number of hydrogen-bond acceptors (Lipinski definition) is 3. The molecule has 1 saturated heterocycles. The van der Waals surface area contributed by atoms with Crippen LogP contribution in [0.5, 0.6) is 5.75 Å². The highest BCUT2D eigenvalue weighted by Gasteiger charge is 2.42. The zero-order valence-electron chi connectivity index (χ0n) is 13.8. The van der Waals surface area contributed by atoms with Crippen LogP contribution >= 0.6 is 0 Å². The number of nitriles is 1. The summed E-state index contributed by atoms with van der Waals surface area (Å²) >= 11 is 0. The number of piperidine rings is 1. The summed E-state index contributed by atoms with van der Waals surface area (Å²) in [6.45, 7) is 7.17. The summed E-state index contributed by atoms with van der Waals surface area (Å²) in [6, 6.07) is 9.14. The van der Waals surface area contributed by atoms with Gasteiger partial charge in [0.2, 0.25) is 0 Å². The van der Waals surface area contributed by atoms with Gasteiger partial charge in [0.15, 0.2) is 0 Å². The Morgan fingerprint density at radius 3 is 2.64 bits per heavy atom. The van der Waals surface area contributed by atoms with Crippen LogP contribution in [0.2, 0.25) is 0 Å². The Kier molecular flexibility index (Phi) is 4.40. The van der Waals surface area contributed by atoms with Crippen LogP contribution in [0.3, 0.4) is 0 Å². The van der Waals surface area contributed by atoms with Crippen LogP contribution in [0, 0.1) is 11.3 Å². The molecule has 3 heteroatoms. The topological polar surface area (TPSA) is 36.3 Å². The van der Waals surface area contributed by atoms with Crippen LogP contribution in [-0.4, -0.2) is 24.6 Å². The zero-order chi connectivity index (χ0) is 15.6. The van der Waals surface area contributed by atoms with Crippen molar-refractivity contribution in [3.05, 3.63) is 29.3 Å². The maximum Gasteiger partial charge on any atom is 0.138 e. The van der Waals surface area contributed by atoms with Gasteiger partial charge in [0.05, 0.1) is 12.7 Å². The lowest BCUT2D eigenvalue weighted by atomic mass is 9.82. The molecule has 1 unspecified atom stereocenters. The summed E-state index contributed by atoms with van der Waals surface area (Å²) < 4.78 is 5.95. The van der Waals surface area contributed by atoms with E-state index in [9.17, 15) is 5.26 Å². The van der Waals surface area contributed by atoms with Crippen molar-refractivity contribution < 1.29 is 4.74 Å². The number of rotatable bonds is 2. The summed E-state index contributed by atoms with van der Waals surface area (Å²) in [5.74, 6) is 1.38. The van der Waals surface area contributed by atoms with Crippen molar-refractivity contribution in [1.82, 2.24) is 4.90 Å². The van der Waals surface area contributed by atoms with Gasteiger partial charge in [-0.3, -0.25) is 4.90 Å². The SMILES string of the molecule is CC(C)c1ccc2c(c1)C(C#N)(N1CCCCC1)CCCO2. The summed E-state index contributed by atoms with van der Waals surface area (Å²) in [5.41, 5.74) is 1.89. The Morgan fingerprint density at radius 2 is 1.95 bits per heavy atom. The van der Waals surface area contributed by atoms with E-state index in [-0.39, 0.29) is 0 Å². The zero-order valence-corrected chi connectivity index (χ0v) is 13.8. The second-order valence-corrected chi connectivity index (χ2v) is 6.88. The van der Waals surface area contributed by atoms with Crippen LogP contribution in [0.1, 0.15) is 63.0 Å². The van der Waals surface area contributed by atoms with Gasteiger partial charge in [-0.2, -0.15) is 5.26 Å². The van der Waals surface area contributed by atoms with E-state index in [4.69, 9.17) is 4.74 Å². The molecule has 0 radical (unpaired) electrons. The second-order valence-electron chi connectivity index (χ2n) is 6.88. The monoisotopic (exact) mass is 298 g/mol. The third-order valence-corrected chi connectivity index (χ3v) is 5.14. The quantitative estimate of drug-likeness (QED) is 0.821. The van der Waals surface area contributed by atoms with Crippen molar-refractivity contribution in [2.24, 2.45) is 0 Å². The molecule has 0 aliphatic carbocycles. The van der Waals surface area contributed by atoms with Crippen molar-refractivity contribution in [3.8, 4) is 11.8 Å². The Morgan fingerprint density at radius 1 is 1.18 bits per heavy atom. The molecule has 2 aliphatic heterocycles. The van der Waals surface area contributed by atoms with Gasteiger partial charge in [0, 0.05) is 5.56 Å². The van der Waals surface area contributed by atoms with E-state index in [1.54, 1.807) is 0 Å². The number of benzene rings is 1. The molecule has 2 aliphatic rings. The van der Waals surface area contributed by atoms with E-state index in [1.165, 1.54) is 24.8 Å². The Bertz CT molecular complexity index is 569. The number of likely N-dealkylation sites (tertiary alicyclic amines) is 1. The average molecular weight is 298 g/mol. The van der Waals surface area contributed by atoms with Crippen molar-refractivity contribution in [2.75, 3.05) is 19.7 Å². The van der Waals surface area contributed by atoms with Gasteiger partial charge < -0.3 is 4.74 Å². The molecule has 0 bridgehead atoms. The molecule has 22 heavy (non-hydrogen) atoms. The number of nitrogens with zero attached hydrogens (tertiary/aromatic N) is 2. The molecule has 1 atom stereocenters. The molecule has 2 heterocycles. The fraction of sp³-hybridized carbons (Fsp3) is 0.632. The van der Waals surface area contributed by atoms with E-state index in [2.05, 4.69) is 43.0 Å². The molecule has 3 rings (SSSR count). The largest absolute Gasteiger partial charge is 0.493 e. The van der Waals surface area contributed by atoms with Crippen molar-refractivity contribution in [3.63, 3.8) is 0 Å². The van der Waals surface area contributed by atoms with E-state index in [1.807, 2.05) is 0 Å². The molecule has 0 saturated carbocycles. The molecular weight excluding hydrogens is 272 g/mol. The summed E-state index contributed by atoms with van der Waals surface area (Å²) in [4.78, 5) is 2.41. The minimum Gasteiger partial charge on any atom is -0.493 e. The van der Waals surface area contributed by atoms with E-state index in [0.717, 1.165) is 37.2 Å². The fourth-order valence-electron chi connectivity index (χ4n) is 3.79. The predicted octanol–water partition coefficient (Wildman–Crippen LogP) is 4.19. The first-order valence-electron chi connectivity index (χ1n) is 8.61. The Balaban J connectivity index is 2.10. The molecule has 1 fully saturated rings. The standard InChI is InChI=1S/C19H26N2O/c1-15(2)16-7-8-18-17(13-16)19(14-20,9-6-12-22-18)21-10-4-3-5-11-21/h7-8,13,15H,3-6,9-12H2,1-2H3. The fourth-order valence-corrected chi connectivity index (χ4v) is 3.79. The Hall–Kier alpha value is -1.53. The number of ether oxygens (including phenoxy) is 1. The third kappa shape index (κ3) is 2.61. The van der Waals surface area contributed by atoms with Crippen LogP contribution in [0.15, 0.2) is 18.2 Å². The van der Waals surface area contributed by atoms with Gasteiger partial charge in [-0.15, -0.1) is 0 Å². The average Bonchev–Trinajstić information content (AvgIpc) is 2.75. The van der Waals surface area contributed by atoms with Gasteiger partial charge in [0.1, 0.15) is 11.3 Å². The van der Waals surface area contributed by atoms with E-state index in [0.29, 0.717) is 12.5 Å².